The van der Waals surface area contributed by atoms with E-state index in [0.717, 1.165) is 0 Å². The second-order valence-corrected chi connectivity index (χ2v) is 4.50. The summed E-state index contributed by atoms with van der Waals surface area (Å²) in [5.41, 5.74) is 1.92. The van der Waals surface area contributed by atoms with E-state index in [0.29, 0.717) is 16.8 Å². The van der Waals surface area contributed by atoms with E-state index in [1.165, 1.54) is 0 Å². The molecule has 1 amide bonds. The zero-order valence-electron chi connectivity index (χ0n) is 11.0. The molecule has 0 unspecified atom stereocenters. The Morgan fingerprint density at radius 1 is 1.00 bits per heavy atom. The van der Waals surface area contributed by atoms with Gasteiger partial charge in [0.15, 0.2) is 0 Å². The molecular formula is C16H15NO3. The number of carbonyl (C=O) groups excluding carboxylic acids is 1. The Hall–Kier alpha value is -2.62. The molecule has 0 aliphatic heterocycles. The van der Waals surface area contributed by atoms with Gasteiger partial charge in [-0.15, -0.1) is 0 Å². The molecule has 0 fully saturated rings. The number of aliphatic carboxylic acids is 1. The first kappa shape index (κ1) is 13.8. The molecule has 0 saturated carbocycles. The van der Waals surface area contributed by atoms with E-state index in [2.05, 4.69) is 5.32 Å². The third-order valence-electron chi connectivity index (χ3n) is 3.07. The summed E-state index contributed by atoms with van der Waals surface area (Å²) in [5, 5.41) is 11.7. The maximum absolute atomic E-state index is 11.9. The first-order chi connectivity index (χ1) is 9.58. The highest BCUT2D eigenvalue weighted by molar-refractivity contribution is 6.04. The van der Waals surface area contributed by atoms with Gasteiger partial charge in [-0.2, -0.15) is 0 Å². The number of carboxylic acid groups (broad SMARTS) is 1. The molecule has 0 aliphatic carbocycles. The summed E-state index contributed by atoms with van der Waals surface area (Å²) in [6.07, 6.45) is 0. The van der Waals surface area contributed by atoms with Crippen molar-refractivity contribution in [1.29, 1.82) is 0 Å². The van der Waals surface area contributed by atoms with Crippen molar-refractivity contribution in [3.63, 3.8) is 0 Å². The predicted molar refractivity (Wildman–Crippen MR) is 76.9 cm³/mol. The van der Waals surface area contributed by atoms with Crippen molar-refractivity contribution in [2.24, 2.45) is 0 Å². The minimum Gasteiger partial charge on any atom is -0.481 e. The average Bonchev–Trinajstić information content (AvgIpc) is 2.48. The van der Waals surface area contributed by atoms with Gasteiger partial charge in [-0.1, -0.05) is 30.3 Å². The van der Waals surface area contributed by atoms with Gasteiger partial charge in [0.1, 0.15) is 0 Å². The van der Waals surface area contributed by atoms with Crippen molar-refractivity contribution in [2.75, 3.05) is 5.32 Å². The standard InChI is InChI=1S/C16H15NO3/c1-11(16(19)20)12-7-9-14(10-8-12)17-15(18)13-5-3-2-4-6-13/h2-11H,1H3,(H,17,18)(H,19,20)/t11-/m1/s1. The molecule has 102 valence electrons. The molecule has 20 heavy (non-hydrogen) atoms. The fourth-order valence-corrected chi connectivity index (χ4v) is 1.79. The van der Waals surface area contributed by atoms with Gasteiger partial charge in [-0.25, -0.2) is 0 Å². The summed E-state index contributed by atoms with van der Waals surface area (Å²) in [5.74, 6) is -1.62. The van der Waals surface area contributed by atoms with Gasteiger partial charge in [0.25, 0.3) is 5.91 Å². The van der Waals surface area contributed by atoms with Crippen LogP contribution in [0.5, 0.6) is 0 Å². The van der Waals surface area contributed by atoms with E-state index in [4.69, 9.17) is 5.11 Å². The van der Waals surface area contributed by atoms with Crippen molar-refractivity contribution in [3.05, 3.63) is 65.7 Å². The van der Waals surface area contributed by atoms with Crippen LogP contribution < -0.4 is 5.32 Å². The molecule has 4 nitrogen and oxygen atoms in total. The van der Waals surface area contributed by atoms with Crippen molar-refractivity contribution in [2.45, 2.75) is 12.8 Å². The molecule has 4 heteroatoms. The zero-order valence-corrected chi connectivity index (χ0v) is 11.0. The normalized spacial score (nSPS) is 11.7. The van der Waals surface area contributed by atoms with Crippen molar-refractivity contribution in [3.8, 4) is 0 Å². The second-order valence-electron chi connectivity index (χ2n) is 4.50. The lowest BCUT2D eigenvalue weighted by molar-refractivity contribution is -0.138. The van der Waals surface area contributed by atoms with Crippen LogP contribution >= 0.6 is 0 Å². The molecule has 0 spiro atoms. The lowest BCUT2D eigenvalue weighted by Gasteiger charge is -2.09. The van der Waals surface area contributed by atoms with Gasteiger partial charge in [-0.3, -0.25) is 9.59 Å². The largest absolute Gasteiger partial charge is 0.481 e. The van der Waals surface area contributed by atoms with Crippen LogP contribution in [0.15, 0.2) is 54.6 Å². The third-order valence-corrected chi connectivity index (χ3v) is 3.07. The number of benzene rings is 2. The van der Waals surface area contributed by atoms with Gasteiger partial charge < -0.3 is 10.4 Å². The highest BCUT2D eigenvalue weighted by atomic mass is 16.4. The quantitative estimate of drug-likeness (QED) is 0.896. The van der Waals surface area contributed by atoms with Crippen LogP contribution in [-0.2, 0) is 4.79 Å². The van der Waals surface area contributed by atoms with Crippen molar-refractivity contribution < 1.29 is 14.7 Å². The number of anilines is 1. The van der Waals surface area contributed by atoms with Crippen LogP contribution in [0.4, 0.5) is 5.69 Å². The molecule has 1 atom stereocenters. The number of carboxylic acids is 1. The lowest BCUT2D eigenvalue weighted by Crippen LogP contribution is -2.12. The van der Waals surface area contributed by atoms with E-state index in [1.807, 2.05) is 6.07 Å². The number of nitrogens with one attached hydrogen (secondary N) is 1. The minimum atomic E-state index is -0.869. The Balaban J connectivity index is 2.08. The number of rotatable bonds is 4. The maximum Gasteiger partial charge on any atom is 0.310 e. The molecular weight excluding hydrogens is 254 g/mol. The molecule has 2 aromatic carbocycles. The zero-order chi connectivity index (χ0) is 14.5. The second kappa shape index (κ2) is 6.02. The molecule has 0 aromatic heterocycles. The number of carbonyl (C=O) groups is 2. The molecule has 0 saturated heterocycles. The minimum absolute atomic E-state index is 0.190. The average molecular weight is 269 g/mol. The summed E-state index contributed by atoms with van der Waals surface area (Å²) in [6, 6.07) is 15.7. The van der Waals surface area contributed by atoms with Gasteiger partial charge in [-0.05, 0) is 36.8 Å². The van der Waals surface area contributed by atoms with Crippen LogP contribution in [-0.4, -0.2) is 17.0 Å². The lowest BCUT2D eigenvalue weighted by atomic mass is 10.0. The summed E-state index contributed by atoms with van der Waals surface area (Å²) < 4.78 is 0. The molecule has 2 N–H and O–H groups in total. The smallest absolute Gasteiger partial charge is 0.310 e. The number of amides is 1. The Morgan fingerprint density at radius 2 is 1.60 bits per heavy atom. The monoisotopic (exact) mass is 269 g/mol. The Bertz CT molecular complexity index is 605. The van der Waals surface area contributed by atoms with Crippen LogP contribution in [0.25, 0.3) is 0 Å². The van der Waals surface area contributed by atoms with E-state index in [9.17, 15) is 9.59 Å². The Kier molecular flexibility index (Phi) is 4.15. The fraction of sp³-hybridized carbons (Fsp3) is 0.125. The van der Waals surface area contributed by atoms with E-state index in [-0.39, 0.29) is 5.91 Å². The van der Waals surface area contributed by atoms with Gasteiger partial charge >= 0.3 is 5.97 Å². The maximum atomic E-state index is 11.9. The molecule has 2 aromatic rings. The Labute approximate surface area is 117 Å². The van der Waals surface area contributed by atoms with E-state index < -0.39 is 11.9 Å². The first-order valence-electron chi connectivity index (χ1n) is 6.27. The molecule has 0 aliphatic rings. The number of hydrogen-bond acceptors (Lipinski definition) is 2. The molecule has 0 bridgehead atoms. The van der Waals surface area contributed by atoms with Crippen LogP contribution in [0.2, 0.25) is 0 Å². The van der Waals surface area contributed by atoms with Gasteiger partial charge in [0, 0.05) is 11.3 Å². The summed E-state index contributed by atoms with van der Waals surface area (Å²) in [4.78, 5) is 22.8. The van der Waals surface area contributed by atoms with E-state index in [1.54, 1.807) is 55.5 Å². The summed E-state index contributed by atoms with van der Waals surface area (Å²) >= 11 is 0. The SMILES string of the molecule is C[C@@H](C(=O)O)c1ccc(NC(=O)c2ccccc2)cc1. The first-order valence-corrected chi connectivity index (χ1v) is 6.27. The van der Waals surface area contributed by atoms with Crippen molar-refractivity contribution in [1.82, 2.24) is 0 Å². The van der Waals surface area contributed by atoms with Crippen molar-refractivity contribution >= 4 is 17.6 Å². The van der Waals surface area contributed by atoms with Gasteiger partial charge in [0.2, 0.25) is 0 Å². The number of hydrogen-bond donors (Lipinski definition) is 2. The third kappa shape index (κ3) is 3.23. The van der Waals surface area contributed by atoms with E-state index >= 15 is 0 Å². The predicted octanol–water partition coefficient (Wildman–Crippen LogP) is 3.13. The molecule has 0 heterocycles. The highest BCUT2D eigenvalue weighted by Crippen LogP contribution is 2.18. The topological polar surface area (TPSA) is 66.4 Å². The summed E-state index contributed by atoms with van der Waals surface area (Å²) in [7, 11) is 0. The van der Waals surface area contributed by atoms with Gasteiger partial charge in [0.05, 0.1) is 5.92 Å². The molecule has 0 radical (unpaired) electrons. The fourth-order valence-electron chi connectivity index (χ4n) is 1.79. The van der Waals surface area contributed by atoms with Crippen LogP contribution in [0.1, 0.15) is 28.8 Å². The highest BCUT2D eigenvalue weighted by Gasteiger charge is 2.13. The van der Waals surface area contributed by atoms with Crippen LogP contribution in [0, 0.1) is 0 Å². The Morgan fingerprint density at radius 3 is 2.15 bits per heavy atom. The molecule has 2 rings (SSSR count). The van der Waals surface area contributed by atoms with Crippen LogP contribution in [0.3, 0.4) is 0 Å². The summed E-state index contributed by atoms with van der Waals surface area (Å²) in [6.45, 7) is 1.62.